The number of hydrogen-bond donors (Lipinski definition) is 1. The Morgan fingerprint density at radius 1 is 0.426 bits per heavy atom. The minimum atomic E-state index is -0.459. The maximum absolute atomic E-state index is 8.56. The number of allylic oxidation sites excluding steroid dienone is 4. The zero-order valence-corrected chi connectivity index (χ0v) is 30.7. The van der Waals surface area contributed by atoms with Gasteiger partial charge in [-0.15, -0.1) is 0 Å². The highest BCUT2D eigenvalue weighted by molar-refractivity contribution is 5.99. The third-order valence-electron chi connectivity index (χ3n) is 12.4. The van der Waals surface area contributed by atoms with Crippen LogP contribution in [0.15, 0.2) is 176 Å². The van der Waals surface area contributed by atoms with E-state index in [1.165, 1.54) is 89.0 Å². The van der Waals surface area contributed by atoms with Gasteiger partial charge in [0.05, 0.1) is 5.41 Å². The van der Waals surface area contributed by atoms with E-state index in [9.17, 15) is 0 Å². The summed E-state index contributed by atoms with van der Waals surface area (Å²) in [6.07, 6.45) is 8.17. The fourth-order valence-electron chi connectivity index (χ4n) is 9.83. The van der Waals surface area contributed by atoms with Crippen molar-refractivity contribution in [3.05, 3.63) is 226 Å². The molecule has 54 heavy (non-hydrogen) atoms. The SMILES string of the molecule is CC1(C)c2ccccc2C2(c3ccc(C4=CC=C(c5cc(-c6ccccc6)cc(-c6ccccc6)c5)CC4)cc3-c3c(C=N)cccc32)c2ccccc21. The molecule has 1 N–H and O–H groups in total. The number of nitrogens with one attached hydrogen (secondary N) is 1. The molecule has 258 valence electrons. The fourth-order valence-corrected chi connectivity index (χ4v) is 9.83. The molecule has 0 saturated heterocycles. The van der Waals surface area contributed by atoms with Crippen LogP contribution in [0.3, 0.4) is 0 Å². The summed E-state index contributed by atoms with van der Waals surface area (Å²) in [5, 5.41) is 8.56. The van der Waals surface area contributed by atoms with E-state index in [1.807, 2.05) is 0 Å². The van der Waals surface area contributed by atoms with E-state index in [0.29, 0.717) is 0 Å². The monoisotopic (exact) mass is 691 g/mol. The summed E-state index contributed by atoms with van der Waals surface area (Å²) < 4.78 is 0. The molecule has 0 atom stereocenters. The van der Waals surface area contributed by atoms with Gasteiger partial charge in [0, 0.05) is 17.2 Å². The molecule has 0 saturated carbocycles. The van der Waals surface area contributed by atoms with Crippen molar-refractivity contribution in [3.63, 3.8) is 0 Å². The Kier molecular flexibility index (Phi) is 7.42. The smallest absolute Gasteiger partial charge is 0.0719 e. The standard InChI is InChI=1S/C53H41N/c1-52(2)46-19-9-11-21-48(46)53(49-22-12-10-20-47(49)52)45-29-28-39(33-44(45)51-40(34-54)18-13-23-50(51)53)37-24-26-38(27-25-37)43-31-41(35-14-5-3-6-15-35)30-42(32-43)36-16-7-4-8-17-36/h3-24,26,28-34,54H,25,27H2,1-2H3. The molecule has 0 aliphatic heterocycles. The second-order valence-electron chi connectivity index (χ2n) is 15.6. The van der Waals surface area contributed by atoms with Gasteiger partial charge >= 0.3 is 0 Å². The summed E-state index contributed by atoms with van der Waals surface area (Å²) in [6, 6.07) is 60.4. The van der Waals surface area contributed by atoms with E-state index in [2.05, 4.69) is 190 Å². The Labute approximate surface area is 318 Å². The van der Waals surface area contributed by atoms with Gasteiger partial charge in [-0.1, -0.05) is 166 Å². The zero-order chi connectivity index (χ0) is 36.4. The minimum Gasteiger partial charge on any atom is -0.308 e. The molecule has 0 amide bonds. The van der Waals surface area contributed by atoms with Crippen LogP contribution in [0.1, 0.15) is 76.8 Å². The predicted octanol–water partition coefficient (Wildman–Crippen LogP) is 13.3. The van der Waals surface area contributed by atoms with Crippen molar-refractivity contribution in [2.24, 2.45) is 0 Å². The van der Waals surface area contributed by atoms with Crippen LogP contribution in [0, 0.1) is 5.41 Å². The van der Waals surface area contributed by atoms with Crippen molar-refractivity contribution in [2.75, 3.05) is 0 Å². The van der Waals surface area contributed by atoms with Gasteiger partial charge < -0.3 is 5.41 Å². The highest BCUT2D eigenvalue weighted by Gasteiger charge is 2.53. The molecule has 10 rings (SSSR count). The van der Waals surface area contributed by atoms with Crippen LogP contribution in [0.5, 0.6) is 0 Å². The summed E-state index contributed by atoms with van der Waals surface area (Å²) in [5.74, 6) is 0. The van der Waals surface area contributed by atoms with Gasteiger partial charge in [0.2, 0.25) is 0 Å². The lowest BCUT2D eigenvalue weighted by atomic mass is 9.55. The second kappa shape index (κ2) is 12.4. The zero-order valence-electron chi connectivity index (χ0n) is 30.7. The maximum Gasteiger partial charge on any atom is 0.0719 e. The van der Waals surface area contributed by atoms with E-state index >= 15 is 0 Å². The largest absolute Gasteiger partial charge is 0.308 e. The van der Waals surface area contributed by atoms with Crippen LogP contribution in [0.25, 0.3) is 44.5 Å². The van der Waals surface area contributed by atoms with Crippen LogP contribution in [-0.2, 0) is 10.8 Å². The molecule has 7 aromatic rings. The molecule has 0 heterocycles. The van der Waals surface area contributed by atoms with Gasteiger partial charge in [0.25, 0.3) is 0 Å². The molecular weight excluding hydrogens is 651 g/mol. The average molecular weight is 692 g/mol. The fraction of sp³-hybridized carbons (Fsp3) is 0.113. The van der Waals surface area contributed by atoms with E-state index < -0.39 is 5.41 Å². The number of hydrogen-bond acceptors (Lipinski definition) is 1. The first kappa shape index (κ1) is 32.3. The highest BCUT2D eigenvalue weighted by atomic mass is 14.5. The third kappa shape index (κ3) is 4.74. The Morgan fingerprint density at radius 3 is 1.48 bits per heavy atom. The molecule has 1 nitrogen and oxygen atoms in total. The first-order valence-corrected chi connectivity index (χ1v) is 19.1. The topological polar surface area (TPSA) is 23.9 Å². The summed E-state index contributed by atoms with van der Waals surface area (Å²) in [5.41, 5.74) is 21.0. The molecule has 0 fully saturated rings. The lowest BCUT2D eigenvalue weighted by molar-refractivity contribution is 0.563. The van der Waals surface area contributed by atoms with Gasteiger partial charge in [-0.25, -0.2) is 0 Å². The Morgan fingerprint density at radius 2 is 0.926 bits per heavy atom. The minimum absolute atomic E-state index is 0.139. The molecule has 0 unspecified atom stereocenters. The van der Waals surface area contributed by atoms with Gasteiger partial charge in [0.1, 0.15) is 0 Å². The van der Waals surface area contributed by atoms with Crippen LogP contribution in [0.2, 0.25) is 0 Å². The summed E-state index contributed by atoms with van der Waals surface area (Å²) in [6.45, 7) is 4.73. The maximum atomic E-state index is 8.56. The molecule has 3 aliphatic carbocycles. The lowest BCUT2D eigenvalue weighted by Gasteiger charge is -2.46. The number of rotatable bonds is 5. The molecule has 7 aromatic carbocycles. The van der Waals surface area contributed by atoms with Crippen molar-refractivity contribution in [1.82, 2.24) is 0 Å². The van der Waals surface area contributed by atoms with Crippen LogP contribution >= 0.6 is 0 Å². The molecule has 0 bridgehead atoms. The Bertz CT molecular complexity index is 2580. The summed E-state index contributed by atoms with van der Waals surface area (Å²) in [4.78, 5) is 0. The van der Waals surface area contributed by atoms with Crippen LogP contribution < -0.4 is 0 Å². The molecule has 1 heteroatoms. The quantitative estimate of drug-likeness (QED) is 0.174. The molecule has 3 aliphatic rings. The van der Waals surface area contributed by atoms with Gasteiger partial charge in [0.15, 0.2) is 0 Å². The van der Waals surface area contributed by atoms with Crippen LogP contribution in [0.4, 0.5) is 0 Å². The predicted molar refractivity (Wildman–Crippen MR) is 226 cm³/mol. The highest BCUT2D eigenvalue weighted by Crippen LogP contribution is 2.62. The molecule has 0 aromatic heterocycles. The van der Waals surface area contributed by atoms with Gasteiger partial charge in [-0.3, -0.25) is 0 Å². The molecule has 1 spiro atoms. The van der Waals surface area contributed by atoms with Crippen molar-refractivity contribution >= 4 is 17.4 Å². The van der Waals surface area contributed by atoms with Crippen LogP contribution in [-0.4, -0.2) is 6.21 Å². The van der Waals surface area contributed by atoms with Crippen molar-refractivity contribution in [2.45, 2.75) is 37.5 Å². The normalized spacial score (nSPS) is 15.7. The summed E-state index contributed by atoms with van der Waals surface area (Å²) in [7, 11) is 0. The first-order valence-electron chi connectivity index (χ1n) is 19.1. The number of benzene rings is 7. The van der Waals surface area contributed by atoms with E-state index in [4.69, 9.17) is 5.41 Å². The van der Waals surface area contributed by atoms with Gasteiger partial charge in [-0.05, 0) is 126 Å². The Hall–Kier alpha value is -6.31. The molecular formula is C53H41N. The molecule has 0 radical (unpaired) electrons. The van der Waals surface area contributed by atoms with Crippen molar-refractivity contribution < 1.29 is 0 Å². The van der Waals surface area contributed by atoms with Crippen molar-refractivity contribution in [3.8, 4) is 33.4 Å². The van der Waals surface area contributed by atoms with E-state index in [0.717, 1.165) is 18.4 Å². The lowest BCUT2D eigenvalue weighted by Crippen LogP contribution is -2.40. The van der Waals surface area contributed by atoms with E-state index in [-0.39, 0.29) is 5.41 Å². The van der Waals surface area contributed by atoms with Crippen molar-refractivity contribution in [1.29, 1.82) is 5.41 Å². The first-order chi connectivity index (χ1) is 26.5. The third-order valence-corrected chi connectivity index (χ3v) is 12.4. The van der Waals surface area contributed by atoms with E-state index in [1.54, 1.807) is 6.21 Å². The second-order valence-corrected chi connectivity index (χ2v) is 15.6. The van der Waals surface area contributed by atoms with Gasteiger partial charge in [-0.2, -0.15) is 0 Å². The number of fused-ring (bicyclic) bond motifs is 9. The summed E-state index contributed by atoms with van der Waals surface area (Å²) >= 11 is 0. The Balaban J connectivity index is 1.12. The average Bonchev–Trinajstić information content (AvgIpc) is 3.54.